The van der Waals surface area contributed by atoms with Gasteiger partial charge in [0.25, 0.3) is 0 Å². The standard InChI is InChI=1S/C13H24N4O7S2/c1-5(19)9(12(22)16-8(4-26)13(23)24)17-11(21)7(2-18)15-10(20)6(14)3-25/h5-9,18-19,25-26H,2-4,14H2,1H3,(H,15,20)(H,16,22)(H,17,21)(H,23,24). The van der Waals surface area contributed by atoms with Gasteiger partial charge in [0.15, 0.2) is 0 Å². The van der Waals surface area contributed by atoms with Crippen LogP contribution in [0.2, 0.25) is 0 Å². The van der Waals surface area contributed by atoms with E-state index in [2.05, 4.69) is 41.2 Å². The molecule has 8 N–H and O–H groups in total. The van der Waals surface area contributed by atoms with E-state index in [0.29, 0.717) is 0 Å². The first-order chi connectivity index (χ1) is 12.1. The highest BCUT2D eigenvalue weighted by Crippen LogP contribution is 1.98. The molecule has 11 nitrogen and oxygen atoms in total. The van der Waals surface area contributed by atoms with Gasteiger partial charge in [-0.25, -0.2) is 4.79 Å². The third-order valence-electron chi connectivity index (χ3n) is 3.21. The van der Waals surface area contributed by atoms with Crippen molar-refractivity contribution in [1.29, 1.82) is 0 Å². The van der Waals surface area contributed by atoms with Gasteiger partial charge >= 0.3 is 5.97 Å². The summed E-state index contributed by atoms with van der Waals surface area (Å²) in [7, 11) is 0. The lowest BCUT2D eigenvalue weighted by atomic mass is 10.1. The quantitative estimate of drug-likeness (QED) is 0.154. The molecule has 0 saturated heterocycles. The number of carbonyl (C=O) groups excluding carboxylic acids is 3. The molecule has 5 unspecified atom stereocenters. The lowest BCUT2D eigenvalue weighted by molar-refractivity contribution is -0.142. The van der Waals surface area contributed by atoms with Gasteiger partial charge in [-0.3, -0.25) is 14.4 Å². The van der Waals surface area contributed by atoms with Gasteiger partial charge in [0, 0.05) is 11.5 Å². The molecule has 0 heterocycles. The molecule has 26 heavy (non-hydrogen) atoms. The monoisotopic (exact) mass is 412 g/mol. The molecule has 0 saturated carbocycles. The van der Waals surface area contributed by atoms with Gasteiger partial charge < -0.3 is 37.0 Å². The molecule has 0 aromatic heterocycles. The fourth-order valence-corrected chi connectivity index (χ4v) is 2.08. The van der Waals surface area contributed by atoms with Crippen LogP contribution in [0.4, 0.5) is 0 Å². The predicted octanol–water partition coefficient (Wildman–Crippen LogP) is -3.91. The van der Waals surface area contributed by atoms with Gasteiger partial charge in [-0.1, -0.05) is 0 Å². The van der Waals surface area contributed by atoms with Crippen LogP contribution in [0.15, 0.2) is 0 Å². The second-order valence-electron chi connectivity index (χ2n) is 5.34. The van der Waals surface area contributed by atoms with E-state index >= 15 is 0 Å². The zero-order chi connectivity index (χ0) is 20.4. The molecule has 0 aliphatic heterocycles. The van der Waals surface area contributed by atoms with Crippen molar-refractivity contribution in [3.8, 4) is 0 Å². The van der Waals surface area contributed by atoms with Gasteiger partial charge in [0.05, 0.1) is 18.8 Å². The van der Waals surface area contributed by atoms with Crippen molar-refractivity contribution in [2.75, 3.05) is 18.1 Å². The molecular weight excluding hydrogens is 388 g/mol. The summed E-state index contributed by atoms with van der Waals surface area (Å²) >= 11 is 7.63. The minimum absolute atomic E-state index is 0.00457. The van der Waals surface area contributed by atoms with Crippen LogP contribution in [0.5, 0.6) is 0 Å². The Morgan fingerprint density at radius 2 is 1.50 bits per heavy atom. The molecule has 150 valence electrons. The van der Waals surface area contributed by atoms with E-state index in [1.165, 1.54) is 6.92 Å². The largest absolute Gasteiger partial charge is 0.480 e. The first kappa shape index (κ1) is 24.5. The van der Waals surface area contributed by atoms with Crippen molar-refractivity contribution in [3.05, 3.63) is 0 Å². The Morgan fingerprint density at radius 3 is 1.88 bits per heavy atom. The summed E-state index contributed by atoms with van der Waals surface area (Å²) in [5.41, 5.74) is 5.45. The van der Waals surface area contributed by atoms with E-state index in [4.69, 9.17) is 10.8 Å². The summed E-state index contributed by atoms with van der Waals surface area (Å²) in [6.07, 6.45) is -1.39. The van der Waals surface area contributed by atoms with Crippen molar-refractivity contribution < 1.29 is 34.5 Å². The Bertz CT molecular complexity index is 521. The molecular formula is C13H24N4O7S2. The molecule has 0 spiro atoms. The number of aliphatic carboxylic acids is 1. The fourth-order valence-electron chi connectivity index (χ4n) is 1.66. The number of hydrogen-bond acceptors (Lipinski definition) is 9. The molecule has 0 fully saturated rings. The van der Waals surface area contributed by atoms with Crippen molar-refractivity contribution in [3.63, 3.8) is 0 Å². The van der Waals surface area contributed by atoms with Gasteiger partial charge in [0.1, 0.15) is 18.1 Å². The lowest BCUT2D eigenvalue weighted by Crippen LogP contribution is -2.60. The highest BCUT2D eigenvalue weighted by Gasteiger charge is 2.32. The molecule has 0 rings (SSSR count). The van der Waals surface area contributed by atoms with E-state index in [9.17, 15) is 29.4 Å². The van der Waals surface area contributed by atoms with E-state index in [0.717, 1.165) is 0 Å². The number of carbonyl (C=O) groups is 4. The number of carboxylic acids is 1. The van der Waals surface area contributed by atoms with Crippen LogP contribution in [-0.2, 0) is 19.2 Å². The van der Waals surface area contributed by atoms with Crippen LogP contribution in [-0.4, -0.2) is 87.4 Å². The van der Waals surface area contributed by atoms with Gasteiger partial charge in [-0.2, -0.15) is 25.3 Å². The molecule has 0 aliphatic rings. The maximum Gasteiger partial charge on any atom is 0.327 e. The second kappa shape index (κ2) is 12.0. The van der Waals surface area contributed by atoms with Crippen molar-refractivity contribution >= 4 is 48.9 Å². The zero-order valence-electron chi connectivity index (χ0n) is 14.0. The lowest BCUT2D eigenvalue weighted by Gasteiger charge is -2.25. The Balaban J connectivity index is 5.06. The average Bonchev–Trinajstić information content (AvgIpc) is 2.59. The normalized spacial score (nSPS) is 16.5. The highest BCUT2D eigenvalue weighted by molar-refractivity contribution is 7.80. The molecule has 3 amide bonds. The first-order valence-electron chi connectivity index (χ1n) is 7.49. The van der Waals surface area contributed by atoms with Gasteiger partial charge in [-0.05, 0) is 6.92 Å². The average molecular weight is 412 g/mol. The Hall–Kier alpha value is -1.54. The number of rotatable bonds is 11. The molecule has 0 radical (unpaired) electrons. The minimum atomic E-state index is -1.52. The first-order valence-corrected chi connectivity index (χ1v) is 8.75. The number of thiol groups is 2. The van der Waals surface area contributed by atoms with E-state index < -0.39 is 60.6 Å². The summed E-state index contributed by atoms with van der Waals surface area (Å²) in [6, 6.07) is -5.29. The van der Waals surface area contributed by atoms with Crippen LogP contribution in [0.3, 0.4) is 0 Å². The SMILES string of the molecule is CC(O)C(NC(=O)C(CO)NC(=O)C(N)CS)C(=O)NC(CS)C(=O)O. The number of amides is 3. The second-order valence-corrected chi connectivity index (χ2v) is 6.07. The molecule has 0 aromatic rings. The third-order valence-corrected chi connectivity index (χ3v) is 3.97. The molecule has 5 atom stereocenters. The fraction of sp³-hybridized carbons (Fsp3) is 0.692. The summed E-state index contributed by atoms with van der Waals surface area (Å²) in [5.74, 6) is -4.22. The summed E-state index contributed by atoms with van der Waals surface area (Å²) in [6.45, 7) is 0.406. The number of hydrogen-bond donors (Lipinski definition) is 9. The molecule has 0 aliphatic carbocycles. The van der Waals surface area contributed by atoms with Crippen LogP contribution in [0.1, 0.15) is 6.92 Å². The Kier molecular flexibility index (Phi) is 11.2. The minimum Gasteiger partial charge on any atom is -0.480 e. The Morgan fingerprint density at radius 1 is 0.962 bits per heavy atom. The topological polar surface area (TPSA) is 191 Å². The van der Waals surface area contributed by atoms with Crippen molar-refractivity contribution in [2.45, 2.75) is 37.2 Å². The van der Waals surface area contributed by atoms with Gasteiger partial charge in [-0.15, -0.1) is 0 Å². The Labute approximate surface area is 160 Å². The molecule has 0 aromatic carbocycles. The van der Waals surface area contributed by atoms with E-state index in [1.54, 1.807) is 0 Å². The third kappa shape index (κ3) is 7.78. The van der Waals surface area contributed by atoms with E-state index in [1.807, 2.05) is 0 Å². The zero-order valence-corrected chi connectivity index (χ0v) is 15.7. The van der Waals surface area contributed by atoms with Crippen LogP contribution in [0, 0.1) is 0 Å². The van der Waals surface area contributed by atoms with Crippen LogP contribution < -0.4 is 21.7 Å². The number of carboxylic acid groups (broad SMARTS) is 1. The maximum absolute atomic E-state index is 12.2. The van der Waals surface area contributed by atoms with Crippen molar-refractivity contribution in [2.24, 2.45) is 5.73 Å². The predicted molar refractivity (Wildman–Crippen MR) is 97.9 cm³/mol. The number of nitrogens with two attached hydrogens (primary N) is 1. The number of aliphatic hydroxyl groups excluding tert-OH is 2. The van der Waals surface area contributed by atoms with Crippen LogP contribution in [0.25, 0.3) is 0 Å². The van der Waals surface area contributed by atoms with Crippen LogP contribution >= 0.6 is 25.3 Å². The maximum atomic E-state index is 12.2. The summed E-state index contributed by atoms with van der Waals surface area (Å²) in [5, 5.41) is 34.3. The summed E-state index contributed by atoms with van der Waals surface area (Å²) in [4.78, 5) is 46.9. The number of nitrogens with one attached hydrogen (secondary N) is 3. The molecule has 13 heteroatoms. The molecule has 0 bridgehead atoms. The van der Waals surface area contributed by atoms with Crippen molar-refractivity contribution in [1.82, 2.24) is 16.0 Å². The van der Waals surface area contributed by atoms with Gasteiger partial charge in [0.2, 0.25) is 17.7 Å². The highest BCUT2D eigenvalue weighted by atomic mass is 32.1. The number of aliphatic hydroxyl groups is 2. The summed E-state index contributed by atoms with van der Waals surface area (Å²) < 4.78 is 0. The van der Waals surface area contributed by atoms with E-state index in [-0.39, 0.29) is 11.5 Å². The smallest absolute Gasteiger partial charge is 0.327 e.